The van der Waals surface area contributed by atoms with E-state index in [4.69, 9.17) is 0 Å². The zero-order valence-corrected chi connectivity index (χ0v) is 12.5. The summed E-state index contributed by atoms with van der Waals surface area (Å²) in [6.07, 6.45) is 1.69. The zero-order chi connectivity index (χ0) is 14.7. The van der Waals surface area contributed by atoms with Crippen molar-refractivity contribution in [2.24, 2.45) is 4.40 Å². The molecule has 0 spiro atoms. The molecule has 21 heavy (non-hydrogen) atoms. The van der Waals surface area contributed by atoms with Gasteiger partial charge in [0.25, 0.3) is 0 Å². The summed E-state index contributed by atoms with van der Waals surface area (Å²) in [6, 6.07) is 21.7. The Hall–Kier alpha value is -2.26. The minimum atomic E-state index is -1.37. The van der Waals surface area contributed by atoms with Crippen LogP contribution in [-0.2, 0) is 11.0 Å². The summed E-state index contributed by atoms with van der Waals surface area (Å²) >= 11 is 0. The summed E-state index contributed by atoms with van der Waals surface area (Å²) < 4.78 is 16.4. The van der Waals surface area contributed by atoms with Gasteiger partial charge in [0, 0.05) is 11.8 Å². The van der Waals surface area contributed by atoms with Crippen LogP contribution >= 0.6 is 0 Å². The monoisotopic (exact) mass is 293 g/mol. The molecule has 1 atom stereocenters. The normalized spacial score (nSPS) is 12.8. The van der Waals surface area contributed by atoms with Crippen LogP contribution in [0.15, 0.2) is 76.0 Å². The Balaban J connectivity index is 1.91. The molecule has 0 N–H and O–H groups in total. The predicted octanol–water partition coefficient (Wildman–Crippen LogP) is 4.29. The van der Waals surface area contributed by atoms with Crippen molar-refractivity contribution in [1.29, 1.82) is 0 Å². The number of hydrogen-bond acceptors (Lipinski definition) is 1. The molecule has 0 radical (unpaired) electrons. The lowest BCUT2D eigenvalue weighted by atomic mass is 10.1. The van der Waals surface area contributed by atoms with Gasteiger partial charge in [0.05, 0.1) is 4.90 Å². The maximum atomic E-state index is 12.2. The number of rotatable bonds is 3. The van der Waals surface area contributed by atoms with Gasteiger partial charge < -0.3 is 0 Å². The molecule has 3 aromatic carbocycles. The van der Waals surface area contributed by atoms with Crippen molar-refractivity contribution in [1.82, 2.24) is 0 Å². The Morgan fingerprint density at radius 1 is 0.905 bits per heavy atom. The number of nitrogens with zero attached hydrogens (tertiary/aromatic N) is 1. The van der Waals surface area contributed by atoms with Crippen molar-refractivity contribution < 1.29 is 4.21 Å². The molecule has 0 saturated carbocycles. The van der Waals surface area contributed by atoms with E-state index in [1.54, 1.807) is 6.21 Å². The predicted molar refractivity (Wildman–Crippen MR) is 89.1 cm³/mol. The highest BCUT2D eigenvalue weighted by molar-refractivity contribution is 7.83. The lowest BCUT2D eigenvalue weighted by molar-refractivity contribution is 0.684. The molecular formula is C18H15NOS. The van der Waals surface area contributed by atoms with Crippen LogP contribution in [0.4, 0.5) is 0 Å². The minimum absolute atomic E-state index is 0.720. The summed E-state index contributed by atoms with van der Waals surface area (Å²) in [6.45, 7) is 2.01. The first-order valence-electron chi connectivity index (χ1n) is 6.74. The van der Waals surface area contributed by atoms with Crippen molar-refractivity contribution in [3.63, 3.8) is 0 Å². The van der Waals surface area contributed by atoms with E-state index in [9.17, 15) is 4.21 Å². The molecule has 0 aliphatic rings. The standard InChI is InChI=1S/C18H15NOS/c1-14-9-11-17(12-10-14)21(20)19-13-16-7-4-6-15-5-2-3-8-18(15)16/h2-13H,1H3/b19-13+/t21-/m0/s1. The third kappa shape index (κ3) is 3.09. The fourth-order valence-electron chi connectivity index (χ4n) is 2.18. The summed E-state index contributed by atoms with van der Waals surface area (Å²) in [7, 11) is -1.37. The molecule has 0 fully saturated rings. The Morgan fingerprint density at radius 3 is 2.43 bits per heavy atom. The summed E-state index contributed by atoms with van der Waals surface area (Å²) in [4.78, 5) is 0.720. The van der Waals surface area contributed by atoms with E-state index >= 15 is 0 Å². The fourth-order valence-corrected chi connectivity index (χ4v) is 2.88. The molecule has 0 aliphatic carbocycles. The fraction of sp³-hybridized carbons (Fsp3) is 0.0556. The molecule has 0 aliphatic heterocycles. The average Bonchev–Trinajstić information content (AvgIpc) is 2.53. The van der Waals surface area contributed by atoms with E-state index in [2.05, 4.69) is 16.5 Å². The second kappa shape index (κ2) is 6.02. The van der Waals surface area contributed by atoms with Gasteiger partial charge in [-0.15, -0.1) is 0 Å². The van der Waals surface area contributed by atoms with Gasteiger partial charge in [0.2, 0.25) is 0 Å². The highest BCUT2D eigenvalue weighted by Gasteiger charge is 2.01. The molecule has 0 unspecified atom stereocenters. The third-order valence-electron chi connectivity index (χ3n) is 3.33. The molecule has 3 heteroatoms. The van der Waals surface area contributed by atoms with Gasteiger partial charge in [-0.1, -0.05) is 60.2 Å². The topological polar surface area (TPSA) is 29.4 Å². The Kier molecular flexibility index (Phi) is 3.93. The van der Waals surface area contributed by atoms with Crippen LogP contribution < -0.4 is 0 Å². The second-order valence-electron chi connectivity index (χ2n) is 4.87. The highest BCUT2D eigenvalue weighted by atomic mass is 32.2. The average molecular weight is 293 g/mol. The van der Waals surface area contributed by atoms with Crippen molar-refractivity contribution in [2.75, 3.05) is 0 Å². The highest BCUT2D eigenvalue weighted by Crippen LogP contribution is 2.17. The van der Waals surface area contributed by atoms with Gasteiger partial charge in [-0.2, -0.15) is 4.40 Å². The Labute approximate surface area is 126 Å². The largest absolute Gasteiger partial charge is 0.229 e. The summed E-state index contributed by atoms with van der Waals surface area (Å²) in [5.41, 5.74) is 2.13. The first-order chi connectivity index (χ1) is 10.2. The van der Waals surface area contributed by atoms with Crippen LogP contribution in [0.3, 0.4) is 0 Å². The maximum Gasteiger partial charge on any atom is 0.172 e. The molecule has 0 heterocycles. The van der Waals surface area contributed by atoms with Crippen LogP contribution in [0, 0.1) is 6.92 Å². The van der Waals surface area contributed by atoms with Crippen LogP contribution in [0.5, 0.6) is 0 Å². The lowest BCUT2D eigenvalue weighted by Crippen LogP contribution is -1.90. The molecule has 2 nitrogen and oxygen atoms in total. The van der Waals surface area contributed by atoms with E-state index in [0.717, 1.165) is 26.8 Å². The SMILES string of the molecule is Cc1ccc([S@](=O)/N=C/c2cccc3ccccc23)cc1. The van der Waals surface area contributed by atoms with Crippen LogP contribution in [-0.4, -0.2) is 10.4 Å². The minimum Gasteiger partial charge on any atom is -0.229 e. The molecule has 3 aromatic rings. The number of aryl methyl sites for hydroxylation is 1. The molecule has 0 aromatic heterocycles. The van der Waals surface area contributed by atoms with Crippen molar-refractivity contribution in [2.45, 2.75) is 11.8 Å². The molecule has 3 rings (SSSR count). The van der Waals surface area contributed by atoms with E-state index in [0.29, 0.717) is 0 Å². The van der Waals surface area contributed by atoms with Gasteiger partial charge in [-0.25, -0.2) is 4.21 Å². The van der Waals surface area contributed by atoms with Gasteiger partial charge >= 0.3 is 0 Å². The summed E-state index contributed by atoms with van der Waals surface area (Å²) in [5.74, 6) is 0. The smallest absolute Gasteiger partial charge is 0.172 e. The molecule has 0 bridgehead atoms. The van der Waals surface area contributed by atoms with Crippen LogP contribution in [0.25, 0.3) is 10.8 Å². The number of fused-ring (bicyclic) bond motifs is 1. The van der Waals surface area contributed by atoms with E-state index in [1.165, 1.54) is 0 Å². The first kappa shape index (κ1) is 13.7. The number of hydrogen-bond donors (Lipinski definition) is 0. The zero-order valence-electron chi connectivity index (χ0n) is 11.7. The Morgan fingerprint density at radius 2 is 1.62 bits per heavy atom. The van der Waals surface area contributed by atoms with Crippen molar-refractivity contribution >= 4 is 28.0 Å². The van der Waals surface area contributed by atoms with Gasteiger partial charge in [0.15, 0.2) is 11.0 Å². The van der Waals surface area contributed by atoms with Crippen molar-refractivity contribution in [3.05, 3.63) is 77.9 Å². The van der Waals surface area contributed by atoms with Crippen LogP contribution in [0.1, 0.15) is 11.1 Å². The molecule has 0 amide bonds. The van der Waals surface area contributed by atoms with Gasteiger partial charge in [-0.3, -0.25) is 0 Å². The molecule has 104 valence electrons. The molecular weight excluding hydrogens is 278 g/mol. The van der Waals surface area contributed by atoms with Crippen molar-refractivity contribution in [3.8, 4) is 0 Å². The third-order valence-corrected chi connectivity index (χ3v) is 4.31. The summed E-state index contributed by atoms with van der Waals surface area (Å²) in [5, 5.41) is 2.27. The first-order valence-corrected chi connectivity index (χ1v) is 7.85. The van der Waals surface area contributed by atoms with E-state index in [1.807, 2.05) is 61.5 Å². The number of benzene rings is 3. The Bertz CT molecular complexity index is 817. The van der Waals surface area contributed by atoms with Crippen LogP contribution in [0.2, 0.25) is 0 Å². The maximum absolute atomic E-state index is 12.2. The van der Waals surface area contributed by atoms with E-state index < -0.39 is 11.0 Å². The quantitative estimate of drug-likeness (QED) is 0.662. The second-order valence-corrected chi connectivity index (χ2v) is 6.05. The molecule has 0 saturated heterocycles. The van der Waals surface area contributed by atoms with E-state index in [-0.39, 0.29) is 0 Å². The van der Waals surface area contributed by atoms with Gasteiger partial charge in [0.1, 0.15) is 0 Å². The van der Waals surface area contributed by atoms with Gasteiger partial charge in [-0.05, 0) is 29.8 Å². The lowest BCUT2D eigenvalue weighted by Gasteiger charge is -2.01.